The first kappa shape index (κ1) is 22.9. The third kappa shape index (κ3) is 5.26. The number of carbonyl (C=O) groups is 2. The number of halogens is 1. The molecule has 0 radical (unpaired) electrons. The van der Waals surface area contributed by atoms with Crippen LogP contribution in [0.15, 0.2) is 18.5 Å². The molecule has 3 fully saturated rings. The van der Waals surface area contributed by atoms with Crippen molar-refractivity contribution in [3.05, 3.63) is 29.7 Å². The fraction of sp³-hybridized carbons (Fsp3) is 0.667. The van der Waals surface area contributed by atoms with Gasteiger partial charge in [0.25, 0.3) is 0 Å². The number of ether oxygens (including phenoxy) is 1. The third-order valence-corrected chi connectivity index (χ3v) is 7.20. The molecule has 2 aliphatic carbocycles. The molecule has 2 N–H and O–H groups in total. The van der Waals surface area contributed by atoms with E-state index in [2.05, 4.69) is 15.7 Å². The molecular formula is C24H33FN6O3. The minimum Gasteiger partial charge on any atom is -0.449 e. The van der Waals surface area contributed by atoms with Gasteiger partial charge in [-0.05, 0) is 75.8 Å². The van der Waals surface area contributed by atoms with Crippen molar-refractivity contribution in [2.75, 3.05) is 13.2 Å². The Morgan fingerprint density at radius 3 is 2.79 bits per heavy atom. The zero-order valence-corrected chi connectivity index (χ0v) is 19.8. The molecule has 5 rings (SSSR count). The zero-order chi connectivity index (χ0) is 23.9. The lowest BCUT2D eigenvalue weighted by Crippen LogP contribution is -2.38. The van der Waals surface area contributed by atoms with Gasteiger partial charge in [0.15, 0.2) is 5.65 Å². The Morgan fingerprint density at radius 1 is 1.35 bits per heavy atom. The maximum atomic E-state index is 14.4. The van der Waals surface area contributed by atoms with E-state index >= 15 is 0 Å². The van der Waals surface area contributed by atoms with Crippen LogP contribution in [0.3, 0.4) is 0 Å². The summed E-state index contributed by atoms with van der Waals surface area (Å²) in [4.78, 5) is 31.1. The standard InChI is InChI=1S/C24H33FN6O3/c1-15-11-30(22(32)27-15)12-17-9-20-28-19(13-31(20)26-10-17)21(18-5-7-24(2,25)8-6-18)29-23(33)34-14-16-3-4-16/h9-10,13,15-16,18,21H,3-8,11-12,14H2,1-2H3,(H,27,32)(H,29,33)/t15-,18?,21+,24?/m1/s1. The van der Waals surface area contributed by atoms with E-state index in [0.29, 0.717) is 62.6 Å². The number of rotatable bonds is 7. The molecule has 2 aromatic rings. The molecule has 10 heteroatoms. The lowest BCUT2D eigenvalue weighted by molar-refractivity contribution is 0.0850. The molecule has 0 spiro atoms. The van der Waals surface area contributed by atoms with Crippen LogP contribution in [0, 0.1) is 11.8 Å². The van der Waals surface area contributed by atoms with Crippen LogP contribution in [0.2, 0.25) is 0 Å². The fourth-order valence-electron chi connectivity index (χ4n) is 4.94. The quantitative estimate of drug-likeness (QED) is 0.639. The maximum Gasteiger partial charge on any atom is 0.407 e. The van der Waals surface area contributed by atoms with Crippen molar-refractivity contribution < 1.29 is 18.7 Å². The maximum absolute atomic E-state index is 14.4. The largest absolute Gasteiger partial charge is 0.449 e. The number of carbonyl (C=O) groups excluding carboxylic acids is 2. The van der Waals surface area contributed by atoms with Crippen LogP contribution in [0.4, 0.5) is 14.0 Å². The van der Waals surface area contributed by atoms with Gasteiger partial charge >= 0.3 is 12.1 Å². The van der Waals surface area contributed by atoms with Crippen molar-refractivity contribution in [2.45, 2.75) is 76.7 Å². The molecule has 9 nitrogen and oxygen atoms in total. The number of imidazole rings is 1. The van der Waals surface area contributed by atoms with Crippen molar-refractivity contribution in [2.24, 2.45) is 11.8 Å². The molecule has 3 amide bonds. The highest BCUT2D eigenvalue weighted by Gasteiger charge is 2.37. The van der Waals surface area contributed by atoms with Gasteiger partial charge in [-0.15, -0.1) is 0 Å². The number of hydrogen-bond acceptors (Lipinski definition) is 5. The molecule has 1 aliphatic heterocycles. The lowest BCUT2D eigenvalue weighted by atomic mass is 9.77. The molecule has 184 valence electrons. The van der Waals surface area contributed by atoms with Crippen LogP contribution in [-0.2, 0) is 11.3 Å². The van der Waals surface area contributed by atoms with Gasteiger partial charge in [0.05, 0.1) is 30.7 Å². The van der Waals surface area contributed by atoms with Crippen LogP contribution < -0.4 is 10.6 Å². The van der Waals surface area contributed by atoms with Crippen LogP contribution in [0.25, 0.3) is 5.65 Å². The molecule has 0 bridgehead atoms. The number of fused-ring (bicyclic) bond motifs is 1. The number of alkyl halides is 1. The molecule has 3 aliphatic rings. The summed E-state index contributed by atoms with van der Waals surface area (Å²) in [5.74, 6) is 0.543. The summed E-state index contributed by atoms with van der Waals surface area (Å²) in [5.41, 5.74) is 1.05. The summed E-state index contributed by atoms with van der Waals surface area (Å²) >= 11 is 0. The highest BCUT2D eigenvalue weighted by molar-refractivity contribution is 5.76. The van der Waals surface area contributed by atoms with Crippen molar-refractivity contribution in [1.29, 1.82) is 0 Å². The topological polar surface area (TPSA) is 101 Å². The Bertz CT molecular complexity index is 1060. The molecular weight excluding hydrogens is 439 g/mol. The van der Waals surface area contributed by atoms with E-state index in [1.54, 1.807) is 22.5 Å². The van der Waals surface area contributed by atoms with Gasteiger partial charge in [-0.25, -0.2) is 23.5 Å². The molecule has 34 heavy (non-hydrogen) atoms. The van der Waals surface area contributed by atoms with Gasteiger partial charge in [-0.3, -0.25) is 0 Å². The molecule has 0 unspecified atom stereocenters. The molecule has 3 heterocycles. The van der Waals surface area contributed by atoms with E-state index in [1.807, 2.05) is 19.2 Å². The molecule has 2 aromatic heterocycles. The zero-order valence-electron chi connectivity index (χ0n) is 19.8. The summed E-state index contributed by atoms with van der Waals surface area (Å²) in [7, 11) is 0. The predicted octanol–water partition coefficient (Wildman–Crippen LogP) is 3.74. The Labute approximate surface area is 198 Å². The van der Waals surface area contributed by atoms with Crippen LogP contribution in [0.1, 0.15) is 69.7 Å². The third-order valence-electron chi connectivity index (χ3n) is 7.20. The first-order valence-corrected chi connectivity index (χ1v) is 12.3. The van der Waals surface area contributed by atoms with Crippen molar-refractivity contribution in [1.82, 2.24) is 30.1 Å². The summed E-state index contributed by atoms with van der Waals surface area (Å²) in [6, 6.07) is 1.57. The molecule has 0 aromatic carbocycles. The van der Waals surface area contributed by atoms with Gasteiger partial charge < -0.3 is 20.3 Å². The van der Waals surface area contributed by atoms with Gasteiger partial charge in [0.1, 0.15) is 5.67 Å². The van der Waals surface area contributed by atoms with Gasteiger partial charge in [-0.1, -0.05) is 0 Å². The predicted molar refractivity (Wildman–Crippen MR) is 123 cm³/mol. The van der Waals surface area contributed by atoms with Gasteiger partial charge in [-0.2, -0.15) is 5.10 Å². The van der Waals surface area contributed by atoms with E-state index in [4.69, 9.17) is 9.72 Å². The minimum absolute atomic E-state index is 0.0662. The highest BCUT2D eigenvalue weighted by atomic mass is 19.1. The smallest absolute Gasteiger partial charge is 0.407 e. The average molecular weight is 473 g/mol. The minimum atomic E-state index is -1.16. The fourth-order valence-corrected chi connectivity index (χ4v) is 4.94. The van der Waals surface area contributed by atoms with E-state index < -0.39 is 11.8 Å². The number of amides is 3. The number of aromatic nitrogens is 3. The SMILES string of the molecule is C[C@@H]1CN(Cc2cnn3cc([C@@H](NC(=O)OCC4CC4)C4CCC(C)(F)CC4)nc3c2)C(=O)N1. The number of nitrogens with one attached hydrogen (secondary N) is 2. The summed E-state index contributed by atoms with van der Waals surface area (Å²) in [6.45, 7) is 5.15. The monoisotopic (exact) mass is 472 g/mol. The van der Waals surface area contributed by atoms with E-state index in [9.17, 15) is 14.0 Å². The summed E-state index contributed by atoms with van der Waals surface area (Å²) < 4.78 is 21.5. The molecule has 1 saturated heterocycles. The lowest BCUT2D eigenvalue weighted by Gasteiger charge is -2.35. The van der Waals surface area contributed by atoms with E-state index in [-0.39, 0.29) is 24.0 Å². The summed E-state index contributed by atoms with van der Waals surface area (Å²) in [6.07, 6.45) is 7.54. The second kappa shape index (κ2) is 9.03. The molecule has 2 saturated carbocycles. The number of nitrogens with zero attached hydrogens (tertiary/aromatic N) is 4. The number of urea groups is 1. The number of hydrogen-bond donors (Lipinski definition) is 2. The number of alkyl carbamates (subject to hydrolysis) is 1. The van der Waals surface area contributed by atoms with Crippen molar-refractivity contribution in [3.63, 3.8) is 0 Å². The Balaban J connectivity index is 1.34. The van der Waals surface area contributed by atoms with Crippen LogP contribution in [0.5, 0.6) is 0 Å². The van der Waals surface area contributed by atoms with E-state index in [0.717, 1.165) is 18.4 Å². The first-order chi connectivity index (χ1) is 16.3. The first-order valence-electron chi connectivity index (χ1n) is 12.3. The highest BCUT2D eigenvalue weighted by Crippen LogP contribution is 2.40. The molecule has 2 atom stereocenters. The van der Waals surface area contributed by atoms with E-state index in [1.165, 1.54) is 0 Å². The van der Waals surface area contributed by atoms with Crippen LogP contribution in [-0.4, -0.2) is 56.5 Å². The van der Waals surface area contributed by atoms with Gasteiger partial charge in [0.2, 0.25) is 0 Å². The summed E-state index contributed by atoms with van der Waals surface area (Å²) in [5, 5.41) is 10.4. The Hall–Kier alpha value is -2.91. The van der Waals surface area contributed by atoms with Crippen molar-refractivity contribution >= 4 is 17.8 Å². The second-order valence-electron chi connectivity index (χ2n) is 10.5. The Kier molecular flexibility index (Phi) is 6.07. The normalized spacial score (nSPS) is 28.1. The van der Waals surface area contributed by atoms with Crippen molar-refractivity contribution in [3.8, 4) is 0 Å². The Morgan fingerprint density at radius 2 is 2.12 bits per heavy atom. The van der Waals surface area contributed by atoms with Gasteiger partial charge in [0, 0.05) is 19.1 Å². The average Bonchev–Trinajstić information content (AvgIpc) is 3.44. The second-order valence-corrected chi connectivity index (χ2v) is 10.5. The van der Waals surface area contributed by atoms with Crippen LogP contribution >= 0.6 is 0 Å².